The summed E-state index contributed by atoms with van der Waals surface area (Å²) in [5.74, 6) is 0.900. The van der Waals surface area contributed by atoms with Crippen molar-refractivity contribution in [2.45, 2.75) is 64.0 Å². The third kappa shape index (κ3) is 10.5. The maximum atomic E-state index is 11.2. The smallest absolute Gasteiger partial charge is 0.191 e. The topological polar surface area (TPSA) is 79.8 Å². The van der Waals surface area contributed by atoms with E-state index in [4.69, 9.17) is 4.74 Å². The Hall–Kier alpha value is -0.820. The lowest BCUT2D eigenvalue weighted by molar-refractivity contribution is 0.0277. The minimum Gasteiger partial charge on any atom is -0.378 e. The lowest BCUT2D eigenvalue weighted by atomic mass is 9.98. The predicted octanol–water partition coefficient (Wildman–Crippen LogP) is 1.71. The van der Waals surface area contributed by atoms with Gasteiger partial charge in [-0.15, -0.1) is 0 Å². The summed E-state index contributed by atoms with van der Waals surface area (Å²) in [6.07, 6.45) is 9.58. The zero-order valence-corrected chi connectivity index (χ0v) is 15.6. The fraction of sp³-hybridized carbons (Fsp3) is 0.938. The molecule has 0 heterocycles. The van der Waals surface area contributed by atoms with Gasteiger partial charge in [0.1, 0.15) is 9.84 Å². The van der Waals surface area contributed by atoms with Crippen LogP contribution in [0.3, 0.4) is 0 Å². The van der Waals surface area contributed by atoms with E-state index in [2.05, 4.69) is 15.6 Å². The van der Waals surface area contributed by atoms with Gasteiger partial charge in [0.25, 0.3) is 0 Å². The SMILES string of the molecule is CN=C(NCCCOC1CCCCC1)NC(C)CCS(C)(=O)=O. The van der Waals surface area contributed by atoms with Gasteiger partial charge in [-0.2, -0.15) is 0 Å². The van der Waals surface area contributed by atoms with Crippen LogP contribution in [-0.2, 0) is 14.6 Å². The monoisotopic (exact) mass is 347 g/mol. The Balaban J connectivity index is 2.11. The van der Waals surface area contributed by atoms with Crippen molar-refractivity contribution in [2.75, 3.05) is 32.2 Å². The Labute approximate surface area is 141 Å². The number of guanidine groups is 1. The van der Waals surface area contributed by atoms with Crippen LogP contribution >= 0.6 is 0 Å². The van der Waals surface area contributed by atoms with Crippen molar-refractivity contribution in [1.82, 2.24) is 10.6 Å². The van der Waals surface area contributed by atoms with Crippen LogP contribution in [0.2, 0.25) is 0 Å². The van der Waals surface area contributed by atoms with Crippen molar-refractivity contribution in [1.29, 1.82) is 0 Å². The molecule has 2 N–H and O–H groups in total. The van der Waals surface area contributed by atoms with Crippen molar-refractivity contribution < 1.29 is 13.2 Å². The second-order valence-corrected chi connectivity index (χ2v) is 8.71. The first kappa shape index (κ1) is 20.2. The zero-order chi connectivity index (χ0) is 17.1. The molecule has 1 rings (SSSR count). The van der Waals surface area contributed by atoms with Gasteiger partial charge in [0.2, 0.25) is 0 Å². The number of sulfone groups is 1. The van der Waals surface area contributed by atoms with E-state index in [9.17, 15) is 8.42 Å². The maximum absolute atomic E-state index is 11.2. The molecule has 0 aromatic heterocycles. The zero-order valence-electron chi connectivity index (χ0n) is 14.8. The number of ether oxygens (including phenoxy) is 1. The Morgan fingerprint density at radius 1 is 1.30 bits per heavy atom. The first-order valence-electron chi connectivity index (χ1n) is 8.67. The first-order valence-corrected chi connectivity index (χ1v) is 10.7. The fourth-order valence-corrected chi connectivity index (χ4v) is 3.43. The highest BCUT2D eigenvalue weighted by atomic mass is 32.2. The van der Waals surface area contributed by atoms with Gasteiger partial charge in [0, 0.05) is 32.5 Å². The number of aliphatic imine (C=N–C) groups is 1. The van der Waals surface area contributed by atoms with Crippen molar-refractivity contribution in [3.05, 3.63) is 0 Å². The van der Waals surface area contributed by atoms with Crippen LogP contribution in [0, 0.1) is 0 Å². The molecular formula is C16H33N3O3S. The molecule has 1 aliphatic rings. The summed E-state index contributed by atoms with van der Waals surface area (Å²) < 4.78 is 28.2. The highest BCUT2D eigenvalue weighted by Crippen LogP contribution is 2.20. The molecule has 1 saturated carbocycles. The molecule has 1 fully saturated rings. The largest absolute Gasteiger partial charge is 0.378 e. The van der Waals surface area contributed by atoms with Crippen molar-refractivity contribution in [2.24, 2.45) is 4.99 Å². The van der Waals surface area contributed by atoms with Crippen molar-refractivity contribution in [3.8, 4) is 0 Å². The van der Waals surface area contributed by atoms with Crippen molar-refractivity contribution in [3.63, 3.8) is 0 Å². The summed E-state index contributed by atoms with van der Waals surface area (Å²) in [6, 6.07) is 0.0643. The van der Waals surface area contributed by atoms with Crippen LogP contribution in [0.1, 0.15) is 51.9 Å². The quantitative estimate of drug-likeness (QED) is 0.377. The summed E-state index contributed by atoms with van der Waals surface area (Å²) in [5.41, 5.74) is 0. The van der Waals surface area contributed by atoms with Crippen LogP contribution in [0.15, 0.2) is 4.99 Å². The molecule has 0 radical (unpaired) electrons. The number of nitrogens with zero attached hydrogens (tertiary/aromatic N) is 1. The number of nitrogens with one attached hydrogen (secondary N) is 2. The van der Waals surface area contributed by atoms with E-state index in [1.807, 2.05) is 6.92 Å². The predicted molar refractivity (Wildman–Crippen MR) is 95.7 cm³/mol. The van der Waals surface area contributed by atoms with Gasteiger partial charge in [0.05, 0.1) is 11.9 Å². The summed E-state index contributed by atoms with van der Waals surface area (Å²) >= 11 is 0. The molecule has 0 bridgehead atoms. The summed E-state index contributed by atoms with van der Waals surface area (Å²) in [5, 5.41) is 6.46. The third-order valence-electron chi connectivity index (χ3n) is 4.05. The van der Waals surface area contributed by atoms with Crippen LogP contribution in [0.25, 0.3) is 0 Å². The van der Waals surface area contributed by atoms with Gasteiger partial charge in [-0.05, 0) is 32.6 Å². The average molecular weight is 348 g/mol. The molecule has 1 atom stereocenters. The van der Waals surface area contributed by atoms with Crippen LogP contribution in [0.5, 0.6) is 0 Å². The third-order valence-corrected chi connectivity index (χ3v) is 5.02. The molecule has 0 saturated heterocycles. The summed E-state index contributed by atoms with van der Waals surface area (Å²) in [6.45, 7) is 3.54. The Bertz CT molecular complexity index is 445. The number of rotatable bonds is 9. The van der Waals surface area contributed by atoms with Gasteiger partial charge < -0.3 is 15.4 Å². The second-order valence-electron chi connectivity index (χ2n) is 6.45. The van der Waals surface area contributed by atoms with E-state index in [1.165, 1.54) is 38.4 Å². The lowest BCUT2D eigenvalue weighted by Crippen LogP contribution is -2.43. The van der Waals surface area contributed by atoms with E-state index in [0.29, 0.717) is 18.5 Å². The highest BCUT2D eigenvalue weighted by molar-refractivity contribution is 7.90. The van der Waals surface area contributed by atoms with Gasteiger partial charge in [-0.25, -0.2) is 8.42 Å². The standard InChI is InChI=1S/C16H33N3O3S/c1-14(10-13-23(3,20)21)19-16(17-2)18-11-7-12-22-15-8-5-4-6-9-15/h14-15H,4-13H2,1-3H3,(H2,17,18,19). The highest BCUT2D eigenvalue weighted by Gasteiger charge is 2.13. The minimum absolute atomic E-state index is 0.0643. The van der Waals surface area contributed by atoms with E-state index < -0.39 is 9.84 Å². The van der Waals surface area contributed by atoms with Gasteiger partial charge in [-0.3, -0.25) is 4.99 Å². The molecule has 1 aliphatic carbocycles. The Morgan fingerprint density at radius 3 is 2.61 bits per heavy atom. The molecule has 6 nitrogen and oxygen atoms in total. The molecule has 136 valence electrons. The molecule has 23 heavy (non-hydrogen) atoms. The first-order chi connectivity index (χ1) is 10.9. The molecule has 0 spiro atoms. The number of hydrogen-bond donors (Lipinski definition) is 2. The van der Waals surface area contributed by atoms with Gasteiger partial charge >= 0.3 is 0 Å². The molecule has 0 aliphatic heterocycles. The molecule has 7 heteroatoms. The molecule has 0 aromatic carbocycles. The van der Waals surface area contributed by atoms with E-state index >= 15 is 0 Å². The Kier molecular flexibility index (Phi) is 9.55. The van der Waals surface area contributed by atoms with E-state index in [0.717, 1.165) is 19.6 Å². The average Bonchev–Trinajstić information content (AvgIpc) is 2.52. The fourth-order valence-electron chi connectivity index (χ4n) is 2.65. The second kappa shape index (κ2) is 10.9. The molecule has 0 amide bonds. The van der Waals surface area contributed by atoms with Gasteiger partial charge in [0.15, 0.2) is 5.96 Å². The molecule has 1 unspecified atom stereocenters. The normalized spacial score (nSPS) is 18.7. The Morgan fingerprint density at radius 2 is 2.00 bits per heavy atom. The molecule has 0 aromatic rings. The van der Waals surface area contributed by atoms with Gasteiger partial charge in [-0.1, -0.05) is 19.3 Å². The maximum Gasteiger partial charge on any atom is 0.191 e. The minimum atomic E-state index is -2.91. The van der Waals surface area contributed by atoms with Crippen molar-refractivity contribution >= 4 is 15.8 Å². The summed E-state index contributed by atoms with van der Waals surface area (Å²) in [4.78, 5) is 4.16. The van der Waals surface area contributed by atoms with E-state index in [1.54, 1.807) is 7.05 Å². The van der Waals surface area contributed by atoms with E-state index in [-0.39, 0.29) is 11.8 Å². The number of hydrogen-bond acceptors (Lipinski definition) is 4. The lowest BCUT2D eigenvalue weighted by Gasteiger charge is -2.22. The van der Waals surface area contributed by atoms with Crippen LogP contribution in [-0.4, -0.2) is 58.7 Å². The van der Waals surface area contributed by atoms with Crippen LogP contribution < -0.4 is 10.6 Å². The summed E-state index contributed by atoms with van der Waals surface area (Å²) in [7, 11) is -1.19. The molecular weight excluding hydrogens is 314 g/mol. The van der Waals surface area contributed by atoms with Crippen LogP contribution in [0.4, 0.5) is 0 Å².